The first-order valence-electron chi connectivity index (χ1n) is 7.69. The molecule has 5 heteroatoms. The van der Waals surface area contributed by atoms with Gasteiger partial charge in [0.25, 0.3) is 0 Å². The minimum Gasteiger partial charge on any atom is -0.439 e. The van der Waals surface area contributed by atoms with E-state index in [1.165, 1.54) is 5.56 Å². The first-order chi connectivity index (χ1) is 11.7. The lowest BCUT2D eigenvalue weighted by molar-refractivity contribution is 0.463. The molecule has 0 aliphatic carbocycles. The van der Waals surface area contributed by atoms with Gasteiger partial charge in [-0.2, -0.15) is 4.98 Å². The summed E-state index contributed by atoms with van der Waals surface area (Å²) in [5, 5.41) is 0. The number of nitrogens with zero attached hydrogens (tertiary/aromatic N) is 2. The summed E-state index contributed by atoms with van der Waals surface area (Å²) in [6, 6.07) is 21.1. The largest absolute Gasteiger partial charge is 0.439 e. The third kappa shape index (κ3) is 2.78. The maximum Gasteiger partial charge on any atom is 0.221 e. The fourth-order valence-electron chi connectivity index (χ4n) is 2.63. The SMILES string of the molecule is Cc1ccc(Oc2cccc(N3Cc4ccccc4S3=O)n2)cc1. The van der Waals surface area contributed by atoms with Crippen molar-refractivity contribution in [1.82, 2.24) is 4.98 Å². The Morgan fingerprint density at radius 2 is 1.79 bits per heavy atom. The van der Waals surface area contributed by atoms with Gasteiger partial charge in [-0.25, -0.2) is 4.21 Å². The number of benzene rings is 2. The third-order valence-corrected chi connectivity index (χ3v) is 5.37. The Labute approximate surface area is 143 Å². The van der Waals surface area contributed by atoms with Gasteiger partial charge in [-0.15, -0.1) is 0 Å². The Morgan fingerprint density at radius 1 is 1.00 bits per heavy atom. The van der Waals surface area contributed by atoms with Crippen LogP contribution in [-0.4, -0.2) is 9.19 Å². The zero-order chi connectivity index (χ0) is 16.5. The molecule has 1 atom stereocenters. The van der Waals surface area contributed by atoms with Crippen molar-refractivity contribution >= 4 is 16.8 Å². The molecule has 1 aromatic heterocycles. The number of aromatic nitrogens is 1. The van der Waals surface area contributed by atoms with Gasteiger partial charge in [0.15, 0.2) is 11.0 Å². The van der Waals surface area contributed by atoms with Crippen molar-refractivity contribution in [2.75, 3.05) is 4.31 Å². The van der Waals surface area contributed by atoms with Gasteiger partial charge in [-0.3, -0.25) is 4.31 Å². The minimum absolute atomic E-state index is 0.490. The Hall–Kier alpha value is -2.66. The van der Waals surface area contributed by atoms with Crippen LogP contribution in [0.2, 0.25) is 0 Å². The lowest BCUT2D eigenvalue weighted by Gasteiger charge is -2.15. The molecule has 4 rings (SSSR count). The Balaban J connectivity index is 1.60. The first kappa shape index (κ1) is 14.9. The summed E-state index contributed by atoms with van der Waals surface area (Å²) < 4.78 is 20.3. The summed E-state index contributed by atoms with van der Waals surface area (Å²) >= 11 is 0. The molecule has 0 saturated carbocycles. The number of ether oxygens (including phenoxy) is 1. The van der Waals surface area contributed by atoms with Crippen LogP contribution in [0.15, 0.2) is 71.6 Å². The van der Waals surface area contributed by atoms with Crippen molar-refractivity contribution in [2.45, 2.75) is 18.4 Å². The zero-order valence-electron chi connectivity index (χ0n) is 13.2. The molecular formula is C19H16N2O2S. The van der Waals surface area contributed by atoms with Crippen LogP contribution in [0.4, 0.5) is 5.82 Å². The molecule has 1 unspecified atom stereocenters. The van der Waals surface area contributed by atoms with Crippen molar-refractivity contribution in [1.29, 1.82) is 0 Å². The molecule has 4 nitrogen and oxygen atoms in total. The van der Waals surface area contributed by atoms with Gasteiger partial charge < -0.3 is 4.74 Å². The molecule has 0 radical (unpaired) electrons. The van der Waals surface area contributed by atoms with Crippen molar-refractivity contribution in [3.8, 4) is 11.6 Å². The number of fused-ring (bicyclic) bond motifs is 1. The molecule has 0 fully saturated rings. The second-order valence-electron chi connectivity index (χ2n) is 5.64. The number of anilines is 1. The van der Waals surface area contributed by atoms with Crippen LogP contribution in [0.3, 0.4) is 0 Å². The van der Waals surface area contributed by atoms with Gasteiger partial charge in [0.2, 0.25) is 5.88 Å². The second kappa shape index (κ2) is 6.09. The van der Waals surface area contributed by atoms with Crippen molar-refractivity contribution in [2.24, 2.45) is 0 Å². The molecule has 3 aromatic rings. The molecule has 0 saturated heterocycles. The van der Waals surface area contributed by atoms with Gasteiger partial charge in [0.05, 0.1) is 11.4 Å². The van der Waals surface area contributed by atoms with Crippen LogP contribution >= 0.6 is 0 Å². The van der Waals surface area contributed by atoms with E-state index in [2.05, 4.69) is 4.98 Å². The van der Waals surface area contributed by atoms with Crippen LogP contribution in [0.5, 0.6) is 11.6 Å². The third-order valence-electron chi connectivity index (χ3n) is 3.88. The summed E-state index contributed by atoms with van der Waals surface area (Å²) in [7, 11) is -1.23. The molecule has 0 amide bonds. The number of aryl methyl sites for hydroxylation is 1. The van der Waals surface area contributed by atoms with E-state index in [1.54, 1.807) is 10.4 Å². The summed E-state index contributed by atoms with van der Waals surface area (Å²) in [5.74, 6) is 1.87. The summed E-state index contributed by atoms with van der Waals surface area (Å²) in [6.07, 6.45) is 0. The van der Waals surface area contributed by atoms with Gasteiger partial charge in [-0.1, -0.05) is 42.0 Å². The van der Waals surface area contributed by atoms with Crippen LogP contribution in [0.1, 0.15) is 11.1 Å². The van der Waals surface area contributed by atoms with Gasteiger partial charge >= 0.3 is 0 Å². The van der Waals surface area contributed by atoms with E-state index in [1.807, 2.05) is 67.6 Å². The number of rotatable bonds is 3. The van der Waals surface area contributed by atoms with E-state index in [4.69, 9.17) is 4.74 Å². The zero-order valence-corrected chi connectivity index (χ0v) is 14.0. The summed E-state index contributed by atoms with van der Waals surface area (Å²) in [6.45, 7) is 2.62. The molecule has 2 heterocycles. The fraction of sp³-hybridized carbons (Fsp3) is 0.105. The monoisotopic (exact) mass is 336 g/mol. The van der Waals surface area contributed by atoms with Crippen molar-refractivity contribution < 1.29 is 8.95 Å². The number of hydrogen-bond donors (Lipinski definition) is 0. The predicted molar refractivity (Wildman–Crippen MR) is 94.5 cm³/mol. The molecule has 0 spiro atoms. The van der Waals surface area contributed by atoms with Gasteiger partial charge in [0, 0.05) is 6.07 Å². The fourth-order valence-corrected chi connectivity index (χ4v) is 3.95. The van der Waals surface area contributed by atoms with Crippen LogP contribution < -0.4 is 9.04 Å². The molecule has 2 aromatic carbocycles. The summed E-state index contributed by atoms with van der Waals surface area (Å²) in [5.41, 5.74) is 2.25. The highest BCUT2D eigenvalue weighted by molar-refractivity contribution is 7.86. The molecular weight excluding hydrogens is 320 g/mol. The first-order valence-corrected chi connectivity index (χ1v) is 8.80. The lowest BCUT2D eigenvalue weighted by Crippen LogP contribution is -2.19. The Kier molecular flexibility index (Phi) is 3.78. The van der Waals surface area contributed by atoms with E-state index in [-0.39, 0.29) is 0 Å². The molecule has 24 heavy (non-hydrogen) atoms. The molecule has 0 N–H and O–H groups in total. The van der Waals surface area contributed by atoms with E-state index >= 15 is 0 Å². The quantitative estimate of drug-likeness (QED) is 0.719. The average Bonchev–Trinajstić information content (AvgIpc) is 2.95. The van der Waals surface area contributed by atoms with Crippen LogP contribution in [-0.2, 0) is 17.5 Å². The average molecular weight is 336 g/mol. The number of pyridine rings is 1. The topological polar surface area (TPSA) is 42.4 Å². The highest BCUT2D eigenvalue weighted by Crippen LogP contribution is 2.31. The second-order valence-corrected chi connectivity index (χ2v) is 7.02. The predicted octanol–water partition coefficient (Wildman–Crippen LogP) is 4.23. The standard InChI is InChI=1S/C19H16N2O2S/c1-14-9-11-16(12-10-14)23-19-8-4-7-18(20-19)21-13-15-5-2-3-6-17(15)24(21)22/h2-12H,13H2,1H3. The lowest BCUT2D eigenvalue weighted by atomic mass is 10.2. The highest BCUT2D eigenvalue weighted by atomic mass is 32.2. The Morgan fingerprint density at radius 3 is 2.58 bits per heavy atom. The van der Waals surface area contributed by atoms with Crippen molar-refractivity contribution in [3.05, 3.63) is 77.9 Å². The van der Waals surface area contributed by atoms with Gasteiger partial charge in [-0.05, 0) is 36.8 Å². The van der Waals surface area contributed by atoms with Gasteiger partial charge in [0.1, 0.15) is 11.6 Å². The van der Waals surface area contributed by atoms with Crippen molar-refractivity contribution in [3.63, 3.8) is 0 Å². The van der Waals surface area contributed by atoms with Crippen LogP contribution in [0.25, 0.3) is 0 Å². The minimum atomic E-state index is -1.23. The molecule has 1 aliphatic rings. The summed E-state index contributed by atoms with van der Waals surface area (Å²) in [4.78, 5) is 5.37. The maximum absolute atomic E-state index is 12.7. The molecule has 120 valence electrons. The highest BCUT2D eigenvalue weighted by Gasteiger charge is 2.27. The van der Waals surface area contributed by atoms with E-state index in [0.29, 0.717) is 18.2 Å². The molecule has 0 bridgehead atoms. The normalized spacial score (nSPS) is 16.0. The Bertz CT molecular complexity index is 909. The van der Waals surface area contributed by atoms with Crippen LogP contribution in [0, 0.1) is 6.92 Å². The van der Waals surface area contributed by atoms with E-state index in [0.717, 1.165) is 16.2 Å². The smallest absolute Gasteiger partial charge is 0.221 e. The number of hydrogen-bond acceptors (Lipinski definition) is 3. The maximum atomic E-state index is 12.7. The van der Waals surface area contributed by atoms with E-state index in [9.17, 15) is 4.21 Å². The molecule has 1 aliphatic heterocycles. The van der Waals surface area contributed by atoms with E-state index < -0.39 is 11.0 Å².